The van der Waals surface area contributed by atoms with Crippen LogP contribution in [0.4, 0.5) is 0 Å². The van der Waals surface area contributed by atoms with E-state index in [-0.39, 0.29) is 30.1 Å². The van der Waals surface area contributed by atoms with Crippen LogP contribution < -0.4 is 10.0 Å². The molecule has 2 aliphatic heterocycles. The van der Waals surface area contributed by atoms with Crippen molar-refractivity contribution in [3.05, 3.63) is 35.9 Å². The average Bonchev–Trinajstić information content (AvgIpc) is 3.09. The number of rotatable bonds is 7. The third-order valence-corrected chi connectivity index (χ3v) is 6.29. The van der Waals surface area contributed by atoms with Gasteiger partial charge in [0.2, 0.25) is 10.0 Å². The molecule has 2 saturated heterocycles. The van der Waals surface area contributed by atoms with Crippen LogP contribution in [-0.2, 0) is 21.3 Å². The summed E-state index contributed by atoms with van der Waals surface area (Å²) in [6.45, 7) is 11.0. The van der Waals surface area contributed by atoms with E-state index in [1.165, 1.54) is 11.8 Å². The molecule has 2 atom stereocenters. The van der Waals surface area contributed by atoms with Crippen molar-refractivity contribution in [2.75, 3.05) is 45.6 Å². The van der Waals surface area contributed by atoms with Gasteiger partial charge in [-0.15, -0.1) is 24.0 Å². The zero-order valence-electron chi connectivity index (χ0n) is 18.9. The first-order valence-corrected chi connectivity index (χ1v) is 12.5. The summed E-state index contributed by atoms with van der Waals surface area (Å²) in [6.07, 6.45) is 1.32. The number of hydrogen-bond donors (Lipinski definition) is 2. The molecular weight excluding hydrogens is 529 g/mol. The van der Waals surface area contributed by atoms with E-state index in [2.05, 4.69) is 44.1 Å². The summed E-state index contributed by atoms with van der Waals surface area (Å²) in [5.41, 5.74) is 0.655. The van der Waals surface area contributed by atoms with Crippen LogP contribution in [0.25, 0.3) is 0 Å². The van der Waals surface area contributed by atoms with Crippen LogP contribution >= 0.6 is 24.0 Å². The Morgan fingerprint density at radius 3 is 2.61 bits per heavy atom. The average molecular weight is 566 g/mol. The van der Waals surface area contributed by atoms with E-state index in [9.17, 15) is 8.42 Å². The van der Waals surface area contributed by atoms with Crippen molar-refractivity contribution in [2.24, 2.45) is 4.99 Å². The molecule has 1 aromatic carbocycles. The number of fused-ring (bicyclic) bond motifs is 1. The molecule has 0 saturated carbocycles. The van der Waals surface area contributed by atoms with E-state index < -0.39 is 15.6 Å². The highest BCUT2D eigenvalue weighted by Crippen LogP contribution is 2.24. The summed E-state index contributed by atoms with van der Waals surface area (Å²) in [4.78, 5) is 9.49. The molecule has 0 spiro atoms. The maximum Gasteiger partial charge on any atom is 0.209 e. The van der Waals surface area contributed by atoms with Crippen LogP contribution in [0.15, 0.2) is 35.3 Å². The lowest BCUT2D eigenvalue weighted by atomic mass is 10.1. The number of guanidine groups is 1. The fraction of sp³-hybridized carbons (Fsp3) is 0.667. The SMILES string of the molecule is CCNC(=NCC(C)(C)NS(C)(=O)=O)N1CC2OCCN(Cc3ccccc3)C2C1.I. The molecule has 0 amide bonds. The van der Waals surface area contributed by atoms with Crippen molar-refractivity contribution in [3.8, 4) is 0 Å². The van der Waals surface area contributed by atoms with Crippen molar-refractivity contribution < 1.29 is 13.2 Å². The van der Waals surface area contributed by atoms with Crippen molar-refractivity contribution in [1.82, 2.24) is 19.8 Å². The van der Waals surface area contributed by atoms with E-state index >= 15 is 0 Å². The number of sulfonamides is 1. The second-order valence-corrected chi connectivity index (χ2v) is 10.5. The van der Waals surface area contributed by atoms with E-state index in [4.69, 9.17) is 9.73 Å². The lowest BCUT2D eigenvalue weighted by Gasteiger charge is -2.36. The second-order valence-electron chi connectivity index (χ2n) is 8.77. The Labute approximate surface area is 203 Å². The Morgan fingerprint density at radius 2 is 1.97 bits per heavy atom. The quantitative estimate of drug-likeness (QED) is 0.296. The predicted octanol–water partition coefficient (Wildman–Crippen LogP) is 1.48. The maximum absolute atomic E-state index is 11.6. The number of benzene rings is 1. The monoisotopic (exact) mass is 565 g/mol. The van der Waals surface area contributed by atoms with E-state index in [0.29, 0.717) is 12.6 Å². The molecule has 31 heavy (non-hydrogen) atoms. The Bertz CT molecular complexity index is 835. The molecule has 2 aliphatic rings. The number of nitrogens with zero attached hydrogens (tertiary/aromatic N) is 3. The van der Waals surface area contributed by atoms with Gasteiger partial charge >= 0.3 is 0 Å². The van der Waals surface area contributed by atoms with Gasteiger partial charge in [-0.2, -0.15) is 0 Å². The first-order valence-electron chi connectivity index (χ1n) is 10.6. The molecule has 10 heteroatoms. The molecule has 0 aliphatic carbocycles. The highest BCUT2D eigenvalue weighted by Gasteiger charge is 2.41. The number of aliphatic imine (C=N–C) groups is 1. The van der Waals surface area contributed by atoms with Crippen LogP contribution in [0.2, 0.25) is 0 Å². The zero-order chi connectivity index (χ0) is 21.8. The number of morpholine rings is 1. The van der Waals surface area contributed by atoms with Crippen LogP contribution in [0.5, 0.6) is 0 Å². The van der Waals surface area contributed by atoms with Gasteiger partial charge < -0.3 is 15.0 Å². The van der Waals surface area contributed by atoms with Gasteiger partial charge in [-0.25, -0.2) is 13.1 Å². The van der Waals surface area contributed by atoms with Crippen molar-refractivity contribution in [3.63, 3.8) is 0 Å². The molecule has 2 N–H and O–H groups in total. The number of nitrogens with one attached hydrogen (secondary N) is 2. The normalized spacial score (nSPS) is 22.7. The fourth-order valence-electron chi connectivity index (χ4n) is 4.18. The van der Waals surface area contributed by atoms with E-state index in [1.54, 1.807) is 0 Å². The third-order valence-electron chi connectivity index (χ3n) is 5.37. The lowest BCUT2D eigenvalue weighted by molar-refractivity contribution is -0.0502. The maximum atomic E-state index is 11.6. The van der Waals surface area contributed by atoms with Crippen LogP contribution in [0.1, 0.15) is 26.3 Å². The standard InChI is InChI=1S/C21H35N5O3S.HI/c1-5-22-20(23-16-21(2,3)24-30(4,27)28)26-14-18-19(15-26)29-12-11-25(18)13-17-9-7-6-8-10-17;/h6-10,18-19,24H,5,11-16H2,1-4H3,(H,22,23);1H. The van der Waals surface area contributed by atoms with Gasteiger partial charge in [-0.1, -0.05) is 30.3 Å². The summed E-state index contributed by atoms with van der Waals surface area (Å²) < 4.78 is 32.0. The smallest absolute Gasteiger partial charge is 0.209 e. The Balaban J connectivity index is 0.00000341. The molecule has 3 rings (SSSR count). The number of hydrogen-bond acceptors (Lipinski definition) is 5. The summed E-state index contributed by atoms with van der Waals surface area (Å²) in [7, 11) is -3.30. The highest BCUT2D eigenvalue weighted by molar-refractivity contribution is 14.0. The van der Waals surface area contributed by atoms with Crippen molar-refractivity contribution >= 4 is 40.0 Å². The minimum absolute atomic E-state index is 0. The Hall–Kier alpha value is -0.950. The minimum atomic E-state index is -3.30. The number of halogens is 1. The molecule has 1 aromatic rings. The molecule has 2 unspecified atom stereocenters. The lowest BCUT2D eigenvalue weighted by Crippen LogP contribution is -2.50. The molecule has 8 nitrogen and oxygen atoms in total. The topological polar surface area (TPSA) is 86.3 Å². The molecule has 0 radical (unpaired) electrons. The van der Waals surface area contributed by atoms with Gasteiger partial charge in [0.15, 0.2) is 5.96 Å². The molecular formula is C21H36IN5O3S. The Kier molecular flexibility index (Phi) is 9.56. The van der Waals surface area contributed by atoms with Crippen LogP contribution in [-0.4, -0.2) is 87.4 Å². The molecule has 0 bridgehead atoms. The minimum Gasteiger partial charge on any atom is -0.373 e. The van der Waals surface area contributed by atoms with Gasteiger partial charge in [-0.05, 0) is 26.3 Å². The predicted molar refractivity (Wildman–Crippen MR) is 135 cm³/mol. The largest absolute Gasteiger partial charge is 0.373 e. The van der Waals surface area contributed by atoms with Gasteiger partial charge in [0.25, 0.3) is 0 Å². The first-order chi connectivity index (χ1) is 14.2. The third kappa shape index (κ3) is 7.85. The fourth-order valence-corrected chi connectivity index (χ4v) is 5.25. The van der Waals surface area contributed by atoms with Crippen molar-refractivity contribution in [1.29, 1.82) is 0 Å². The summed E-state index contributed by atoms with van der Waals surface area (Å²) in [6, 6.07) is 10.8. The van der Waals surface area contributed by atoms with Gasteiger partial charge in [0, 0.05) is 38.3 Å². The molecule has 176 valence electrons. The van der Waals surface area contributed by atoms with E-state index in [1.807, 2.05) is 26.8 Å². The summed E-state index contributed by atoms with van der Waals surface area (Å²) >= 11 is 0. The zero-order valence-corrected chi connectivity index (χ0v) is 22.0. The van der Waals surface area contributed by atoms with Crippen LogP contribution in [0, 0.1) is 0 Å². The van der Waals surface area contributed by atoms with Gasteiger partial charge in [0.05, 0.1) is 31.6 Å². The summed E-state index contributed by atoms with van der Waals surface area (Å²) in [5.74, 6) is 0.804. The molecule has 2 fully saturated rings. The summed E-state index contributed by atoms with van der Waals surface area (Å²) in [5, 5.41) is 3.36. The number of likely N-dealkylation sites (tertiary alicyclic amines) is 1. The van der Waals surface area contributed by atoms with Crippen molar-refractivity contribution in [2.45, 2.75) is 45.0 Å². The number of ether oxygens (including phenoxy) is 1. The highest BCUT2D eigenvalue weighted by atomic mass is 127. The second kappa shape index (κ2) is 11.3. The van der Waals surface area contributed by atoms with E-state index in [0.717, 1.165) is 45.3 Å². The molecule has 0 aromatic heterocycles. The van der Waals surface area contributed by atoms with Crippen LogP contribution in [0.3, 0.4) is 0 Å². The molecule has 2 heterocycles. The first kappa shape index (κ1) is 26.3. The van der Waals surface area contributed by atoms with Gasteiger partial charge in [0.1, 0.15) is 0 Å². The van der Waals surface area contributed by atoms with Gasteiger partial charge in [-0.3, -0.25) is 9.89 Å². The Morgan fingerprint density at radius 1 is 1.26 bits per heavy atom.